The number of aromatic nitrogens is 2. The summed E-state index contributed by atoms with van der Waals surface area (Å²) in [5.41, 5.74) is 0.925. The van der Waals surface area contributed by atoms with Gasteiger partial charge in [-0.2, -0.15) is 4.98 Å². The van der Waals surface area contributed by atoms with Gasteiger partial charge in [-0.15, -0.1) is 0 Å². The Hall–Kier alpha value is -2.42. The molecular weight excluding hydrogens is 458 g/mol. The molecule has 3 aromatic rings. The number of hydrogen-bond donors (Lipinski definition) is 2. The number of rotatable bonds is 8. The summed E-state index contributed by atoms with van der Waals surface area (Å²) in [6.07, 6.45) is 4.08. The number of anilines is 2. The fraction of sp³-hybridized carbons (Fsp3) is 0.417. The molecule has 0 saturated heterocycles. The summed E-state index contributed by atoms with van der Waals surface area (Å²) in [6.45, 7) is 1.27. The van der Waals surface area contributed by atoms with Crippen LogP contribution in [-0.4, -0.2) is 45.6 Å². The van der Waals surface area contributed by atoms with E-state index in [-0.39, 0.29) is 4.90 Å². The Morgan fingerprint density at radius 2 is 1.67 bits per heavy atom. The molecule has 0 aliphatic heterocycles. The van der Waals surface area contributed by atoms with Gasteiger partial charge in [0.2, 0.25) is 16.0 Å². The highest BCUT2D eigenvalue weighted by molar-refractivity contribution is 7.89. The highest BCUT2D eigenvalue weighted by atomic mass is 35.5. The Morgan fingerprint density at radius 3 is 2.36 bits per heavy atom. The molecule has 2 N–H and O–H groups in total. The zero-order valence-electron chi connectivity index (χ0n) is 19.0. The molecule has 0 radical (unpaired) electrons. The largest absolute Gasteiger partial charge is 0.362 e. The van der Waals surface area contributed by atoms with Crippen LogP contribution < -0.4 is 14.9 Å². The second-order valence-electron chi connectivity index (χ2n) is 8.86. The van der Waals surface area contributed by atoms with Crippen molar-refractivity contribution in [3.8, 4) is 0 Å². The third-order valence-electron chi connectivity index (χ3n) is 6.19. The molecule has 176 valence electrons. The normalized spacial score (nSPS) is 18.9. The van der Waals surface area contributed by atoms with E-state index in [1.807, 2.05) is 43.3 Å². The van der Waals surface area contributed by atoms with E-state index in [9.17, 15) is 8.42 Å². The van der Waals surface area contributed by atoms with Crippen LogP contribution >= 0.6 is 11.6 Å². The number of benzene rings is 2. The average molecular weight is 488 g/mol. The summed E-state index contributed by atoms with van der Waals surface area (Å²) in [5.74, 6) is 2.41. The van der Waals surface area contributed by atoms with Crippen LogP contribution in [0.4, 0.5) is 11.8 Å². The highest BCUT2D eigenvalue weighted by Gasteiger charge is 2.23. The lowest BCUT2D eigenvalue weighted by molar-refractivity contribution is 0.284. The molecule has 0 spiro atoms. The minimum atomic E-state index is -3.54. The summed E-state index contributed by atoms with van der Waals surface area (Å²) in [4.78, 5) is 11.6. The minimum absolute atomic E-state index is 0.209. The van der Waals surface area contributed by atoms with Crippen molar-refractivity contribution in [2.24, 2.45) is 11.8 Å². The summed E-state index contributed by atoms with van der Waals surface area (Å²) in [6, 6.07) is 14.4. The maximum atomic E-state index is 12.5. The van der Waals surface area contributed by atoms with E-state index in [1.54, 1.807) is 18.2 Å². The van der Waals surface area contributed by atoms with Crippen molar-refractivity contribution in [3.63, 3.8) is 0 Å². The van der Waals surface area contributed by atoms with Gasteiger partial charge in [0, 0.05) is 37.6 Å². The van der Waals surface area contributed by atoms with E-state index >= 15 is 0 Å². The summed E-state index contributed by atoms with van der Waals surface area (Å²) < 4.78 is 27.8. The van der Waals surface area contributed by atoms with Gasteiger partial charge >= 0.3 is 0 Å². The number of para-hydroxylation sites is 1. The number of nitrogens with zero attached hydrogens (tertiary/aromatic N) is 3. The van der Waals surface area contributed by atoms with Gasteiger partial charge in [-0.05, 0) is 67.9 Å². The van der Waals surface area contributed by atoms with Crippen molar-refractivity contribution >= 4 is 44.3 Å². The zero-order chi connectivity index (χ0) is 23.4. The molecule has 0 amide bonds. The average Bonchev–Trinajstić information content (AvgIpc) is 2.81. The zero-order valence-corrected chi connectivity index (χ0v) is 20.5. The van der Waals surface area contributed by atoms with Crippen molar-refractivity contribution in [2.45, 2.75) is 30.6 Å². The fourth-order valence-electron chi connectivity index (χ4n) is 4.30. The smallest absolute Gasteiger partial charge is 0.240 e. The quantitative estimate of drug-likeness (QED) is 0.485. The SMILES string of the molecule is CN(C)c1nc(NC[C@H]2CC[C@H](CNS(=O)(=O)c3cccc(Cl)c3)CC2)nc2ccccc12. The third-order valence-corrected chi connectivity index (χ3v) is 7.85. The van der Waals surface area contributed by atoms with Gasteiger partial charge in [0.15, 0.2) is 0 Å². The summed E-state index contributed by atoms with van der Waals surface area (Å²) >= 11 is 5.93. The Kier molecular flexibility index (Phi) is 7.36. The van der Waals surface area contributed by atoms with Crippen molar-refractivity contribution in [3.05, 3.63) is 53.6 Å². The first-order valence-corrected chi connectivity index (χ1v) is 13.1. The van der Waals surface area contributed by atoms with Crippen LogP contribution in [0.2, 0.25) is 5.02 Å². The predicted molar refractivity (Wildman–Crippen MR) is 134 cm³/mol. The highest BCUT2D eigenvalue weighted by Crippen LogP contribution is 2.29. The molecule has 33 heavy (non-hydrogen) atoms. The molecule has 1 aliphatic rings. The molecule has 0 bridgehead atoms. The van der Waals surface area contributed by atoms with Gasteiger partial charge in [0.25, 0.3) is 0 Å². The third kappa shape index (κ3) is 5.93. The fourth-order valence-corrected chi connectivity index (χ4v) is 5.72. The van der Waals surface area contributed by atoms with Crippen LogP contribution in [0.5, 0.6) is 0 Å². The summed E-state index contributed by atoms with van der Waals surface area (Å²) in [7, 11) is 0.435. The van der Waals surface area contributed by atoms with E-state index in [0.717, 1.165) is 48.9 Å². The van der Waals surface area contributed by atoms with E-state index in [4.69, 9.17) is 16.6 Å². The number of halogens is 1. The molecule has 2 aromatic carbocycles. The molecule has 7 nitrogen and oxygen atoms in total. The van der Waals surface area contributed by atoms with Crippen LogP contribution in [0.15, 0.2) is 53.4 Å². The molecular formula is C24H30ClN5O2S. The Morgan fingerprint density at radius 1 is 0.970 bits per heavy atom. The first kappa shape index (κ1) is 23.7. The number of fused-ring (bicyclic) bond motifs is 1. The van der Waals surface area contributed by atoms with Crippen LogP contribution in [0.25, 0.3) is 10.9 Å². The minimum Gasteiger partial charge on any atom is -0.362 e. The maximum absolute atomic E-state index is 12.5. The molecule has 1 fully saturated rings. The van der Waals surface area contributed by atoms with Crippen LogP contribution in [0.3, 0.4) is 0 Å². The molecule has 1 aromatic heterocycles. The number of sulfonamides is 1. The van der Waals surface area contributed by atoms with Gasteiger partial charge in [0.1, 0.15) is 5.82 Å². The lowest BCUT2D eigenvalue weighted by Gasteiger charge is -2.28. The number of nitrogens with one attached hydrogen (secondary N) is 2. The molecule has 1 heterocycles. The van der Waals surface area contributed by atoms with Crippen molar-refractivity contribution in [2.75, 3.05) is 37.4 Å². The second kappa shape index (κ2) is 10.2. The maximum Gasteiger partial charge on any atom is 0.240 e. The Bertz CT molecular complexity index is 1210. The van der Waals surface area contributed by atoms with Gasteiger partial charge in [-0.3, -0.25) is 0 Å². The van der Waals surface area contributed by atoms with Crippen LogP contribution in [-0.2, 0) is 10.0 Å². The second-order valence-corrected chi connectivity index (χ2v) is 11.1. The molecule has 1 saturated carbocycles. The first-order chi connectivity index (χ1) is 15.8. The van der Waals surface area contributed by atoms with E-state index in [0.29, 0.717) is 29.4 Å². The van der Waals surface area contributed by atoms with Crippen molar-refractivity contribution in [1.29, 1.82) is 0 Å². The lowest BCUT2D eigenvalue weighted by atomic mass is 9.82. The molecule has 1 aliphatic carbocycles. The van der Waals surface area contributed by atoms with Gasteiger partial charge in [0.05, 0.1) is 10.4 Å². The van der Waals surface area contributed by atoms with Crippen LogP contribution in [0, 0.1) is 11.8 Å². The van der Waals surface area contributed by atoms with E-state index < -0.39 is 10.0 Å². The number of hydrogen-bond acceptors (Lipinski definition) is 6. The van der Waals surface area contributed by atoms with Gasteiger partial charge < -0.3 is 10.2 Å². The summed E-state index contributed by atoms with van der Waals surface area (Å²) in [5, 5.41) is 4.88. The van der Waals surface area contributed by atoms with E-state index in [1.165, 1.54) is 6.07 Å². The van der Waals surface area contributed by atoms with Crippen molar-refractivity contribution in [1.82, 2.24) is 14.7 Å². The molecule has 0 unspecified atom stereocenters. The van der Waals surface area contributed by atoms with Gasteiger partial charge in [-0.25, -0.2) is 18.1 Å². The standard InChI is InChI=1S/C24H30ClN5O2S/c1-30(2)23-21-8-3-4-9-22(21)28-24(29-23)26-15-17-10-12-18(13-11-17)16-27-33(31,32)20-7-5-6-19(25)14-20/h3-9,14,17-18,27H,10-13,15-16H2,1-2H3,(H,26,28,29)/t17-,18-. The van der Waals surface area contributed by atoms with Gasteiger partial charge in [-0.1, -0.05) is 29.8 Å². The lowest BCUT2D eigenvalue weighted by Crippen LogP contribution is -2.32. The predicted octanol–water partition coefficient (Wildman–Crippen LogP) is 4.55. The molecule has 9 heteroatoms. The Labute approximate surface area is 200 Å². The van der Waals surface area contributed by atoms with E-state index in [2.05, 4.69) is 15.0 Å². The van der Waals surface area contributed by atoms with Crippen molar-refractivity contribution < 1.29 is 8.42 Å². The first-order valence-electron chi connectivity index (χ1n) is 11.2. The molecule has 0 atom stereocenters. The van der Waals surface area contributed by atoms with Crippen LogP contribution in [0.1, 0.15) is 25.7 Å². The molecule has 4 rings (SSSR count). The Balaban J connectivity index is 1.29. The topological polar surface area (TPSA) is 87.2 Å². The monoisotopic (exact) mass is 487 g/mol.